The Bertz CT molecular complexity index is 492. The van der Waals surface area contributed by atoms with Crippen LogP contribution in [0.15, 0.2) is 18.2 Å². The molecule has 0 aromatic heterocycles. The van der Waals surface area contributed by atoms with Crippen LogP contribution in [0.5, 0.6) is 5.75 Å². The fraction of sp³-hybridized carbons (Fsp3) is 0.533. The Hall–Kier alpha value is -1.33. The van der Waals surface area contributed by atoms with E-state index in [1.165, 1.54) is 12.1 Å². The first-order valence-corrected chi connectivity index (χ1v) is 7.45. The molecule has 6 heteroatoms. The molecular weight excluding hydrogens is 297 g/mol. The second-order valence-corrected chi connectivity index (χ2v) is 5.46. The highest BCUT2D eigenvalue weighted by molar-refractivity contribution is 6.32. The van der Waals surface area contributed by atoms with Gasteiger partial charge >= 0.3 is 0 Å². The van der Waals surface area contributed by atoms with Crippen molar-refractivity contribution >= 4 is 17.5 Å². The second-order valence-electron chi connectivity index (χ2n) is 5.05. The lowest BCUT2D eigenvalue weighted by Crippen LogP contribution is -2.37. The molecule has 1 aromatic rings. The molecule has 4 nitrogen and oxygen atoms in total. The van der Waals surface area contributed by atoms with E-state index in [0.717, 1.165) is 31.9 Å². The molecule has 0 saturated carbocycles. The van der Waals surface area contributed by atoms with Crippen molar-refractivity contribution in [1.29, 1.82) is 0 Å². The summed E-state index contributed by atoms with van der Waals surface area (Å²) in [6.07, 6.45) is 2.48. The van der Waals surface area contributed by atoms with Gasteiger partial charge < -0.3 is 14.8 Å². The van der Waals surface area contributed by atoms with Crippen molar-refractivity contribution in [3.05, 3.63) is 29.0 Å². The third-order valence-electron chi connectivity index (χ3n) is 3.36. The van der Waals surface area contributed by atoms with Crippen molar-refractivity contribution in [2.45, 2.75) is 38.4 Å². The van der Waals surface area contributed by atoms with Crippen molar-refractivity contribution < 1.29 is 18.7 Å². The highest BCUT2D eigenvalue weighted by Crippen LogP contribution is 2.25. The van der Waals surface area contributed by atoms with Crippen LogP contribution in [0.25, 0.3) is 0 Å². The SMILES string of the molecule is CC(Oc1ccc(F)cc1Cl)C(=O)NCCC1CCCO1. The van der Waals surface area contributed by atoms with Crippen molar-refractivity contribution in [1.82, 2.24) is 5.32 Å². The van der Waals surface area contributed by atoms with Gasteiger partial charge in [0.1, 0.15) is 11.6 Å². The maximum atomic E-state index is 12.9. The normalized spacial score (nSPS) is 19.3. The van der Waals surface area contributed by atoms with Crippen LogP contribution < -0.4 is 10.1 Å². The zero-order valence-electron chi connectivity index (χ0n) is 11.9. The molecule has 1 heterocycles. The molecule has 116 valence electrons. The topological polar surface area (TPSA) is 47.6 Å². The van der Waals surface area contributed by atoms with E-state index in [4.69, 9.17) is 21.1 Å². The summed E-state index contributed by atoms with van der Waals surface area (Å²) < 4.78 is 23.9. The number of rotatable bonds is 6. The highest BCUT2D eigenvalue weighted by Gasteiger charge is 2.18. The maximum Gasteiger partial charge on any atom is 0.260 e. The van der Waals surface area contributed by atoms with Gasteiger partial charge in [0, 0.05) is 13.2 Å². The second kappa shape index (κ2) is 7.61. The molecule has 0 spiro atoms. The van der Waals surface area contributed by atoms with Gasteiger partial charge in [-0.3, -0.25) is 4.79 Å². The minimum atomic E-state index is -0.697. The highest BCUT2D eigenvalue weighted by atomic mass is 35.5. The van der Waals surface area contributed by atoms with E-state index < -0.39 is 11.9 Å². The lowest BCUT2D eigenvalue weighted by Gasteiger charge is -2.16. The van der Waals surface area contributed by atoms with Gasteiger partial charge in [0.15, 0.2) is 6.10 Å². The number of benzene rings is 1. The molecule has 2 unspecified atom stereocenters. The Labute approximate surface area is 128 Å². The van der Waals surface area contributed by atoms with E-state index in [1.54, 1.807) is 6.92 Å². The lowest BCUT2D eigenvalue weighted by atomic mass is 10.2. The van der Waals surface area contributed by atoms with Gasteiger partial charge in [0.2, 0.25) is 0 Å². The monoisotopic (exact) mass is 315 g/mol. The van der Waals surface area contributed by atoms with Crippen molar-refractivity contribution in [2.75, 3.05) is 13.2 Å². The summed E-state index contributed by atoms with van der Waals surface area (Å²) in [4.78, 5) is 11.9. The number of nitrogens with one attached hydrogen (secondary N) is 1. The van der Waals surface area contributed by atoms with Gasteiger partial charge in [0.25, 0.3) is 5.91 Å². The molecule has 1 fully saturated rings. The van der Waals surface area contributed by atoms with Gasteiger partial charge in [-0.05, 0) is 44.4 Å². The Morgan fingerprint density at radius 3 is 3.10 bits per heavy atom. The zero-order chi connectivity index (χ0) is 15.2. The van der Waals surface area contributed by atoms with Crippen molar-refractivity contribution in [3.63, 3.8) is 0 Å². The van der Waals surface area contributed by atoms with E-state index in [2.05, 4.69) is 5.32 Å². The first kappa shape index (κ1) is 16.0. The largest absolute Gasteiger partial charge is 0.479 e. The minimum Gasteiger partial charge on any atom is -0.479 e. The molecule has 1 amide bonds. The Balaban J connectivity index is 1.76. The predicted octanol–water partition coefficient (Wildman–Crippen LogP) is 2.93. The van der Waals surface area contributed by atoms with E-state index in [-0.39, 0.29) is 17.0 Å². The fourth-order valence-corrected chi connectivity index (χ4v) is 2.40. The first-order chi connectivity index (χ1) is 10.1. The quantitative estimate of drug-likeness (QED) is 0.878. The minimum absolute atomic E-state index is 0.147. The molecular formula is C15H19ClFNO3. The summed E-state index contributed by atoms with van der Waals surface area (Å²) in [6.45, 7) is 2.98. The van der Waals surface area contributed by atoms with Crippen LogP contribution in [0.1, 0.15) is 26.2 Å². The summed E-state index contributed by atoms with van der Waals surface area (Å²) in [6, 6.07) is 3.80. The van der Waals surface area contributed by atoms with Crippen LogP contribution in [0.3, 0.4) is 0 Å². The van der Waals surface area contributed by atoms with E-state index in [9.17, 15) is 9.18 Å². The zero-order valence-corrected chi connectivity index (χ0v) is 12.7. The van der Waals surface area contributed by atoms with Gasteiger partial charge in [-0.1, -0.05) is 11.6 Å². The van der Waals surface area contributed by atoms with Crippen LogP contribution in [0, 0.1) is 5.82 Å². The molecule has 0 bridgehead atoms. The smallest absolute Gasteiger partial charge is 0.260 e. The molecule has 2 rings (SSSR count). The van der Waals surface area contributed by atoms with Crippen LogP contribution in [0.2, 0.25) is 5.02 Å². The molecule has 1 aromatic carbocycles. The number of ether oxygens (including phenoxy) is 2. The number of carbonyl (C=O) groups is 1. The van der Waals surface area contributed by atoms with Gasteiger partial charge in [-0.2, -0.15) is 0 Å². The Kier molecular flexibility index (Phi) is 5.82. The predicted molar refractivity (Wildman–Crippen MR) is 78.1 cm³/mol. The molecule has 0 radical (unpaired) electrons. The fourth-order valence-electron chi connectivity index (χ4n) is 2.19. The number of hydrogen-bond acceptors (Lipinski definition) is 3. The molecule has 0 aliphatic carbocycles. The first-order valence-electron chi connectivity index (χ1n) is 7.07. The number of amides is 1. The van der Waals surface area contributed by atoms with E-state index in [1.807, 2.05) is 0 Å². The molecule has 1 N–H and O–H groups in total. The van der Waals surface area contributed by atoms with Gasteiger partial charge in [-0.25, -0.2) is 4.39 Å². The van der Waals surface area contributed by atoms with Crippen LogP contribution in [-0.4, -0.2) is 31.3 Å². The van der Waals surface area contributed by atoms with Crippen molar-refractivity contribution in [3.8, 4) is 5.75 Å². The van der Waals surface area contributed by atoms with Crippen molar-refractivity contribution in [2.24, 2.45) is 0 Å². The third kappa shape index (κ3) is 4.86. The Morgan fingerprint density at radius 1 is 1.62 bits per heavy atom. The Morgan fingerprint density at radius 2 is 2.43 bits per heavy atom. The molecule has 1 aliphatic heterocycles. The molecule has 2 atom stereocenters. The van der Waals surface area contributed by atoms with E-state index >= 15 is 0 Å². The lowest BCUT2D eigenvalue weighted by molar-refractivity contribution is -0.127. The molecule has 21 heavy (non-hydrogen) atoms. The van der Waals surface area contributed by atoms with Crippen LogP contribution in [0.4, 0.5) is 4.39 Å². The van der Waals surface area contributed by atoms with Crippen LogP contribution >= 0.6 is 11.6 Å². The number of halogens is 2. The van der Waals surface area contributed by atoms with Gasteiger partial charge in [0.05, 0.1) is 11.1 Å². The van der Waals surface area contributed by atoms with Gasteiger partial charge in [-0.15, -0.1) is 0 Å². The third-order valence-corrected chi connectivity index (χ3v) is 3.65. The molecule has 1 saturated heterocycles. The molecule has 1 aliphatic rings. The number of hydrogen-bond donors (Lipinski definition) is 1. The number of carbonyl (C=O) groups excluding carboxylic acids is 1. The standard InChI is InChI=1S/C15H19ClFNO3/c1-10(21-14-5-4-11(17)9-13(14)16)15(19)18-7-6-12-3-2-8-20-12/h4-5,9-10,12H,2-3,6-8H2,1H3,(H,18,19). The summed E-state index contributed by atoms with van der Waals surface area (Å²) >= 11 is 5.86. The maximum absolute atomic E-state index is 12.9. The average molecular weight is 316 g/mol. The summed E-state index contributed by atoms with van der Waals surface area (Å²) in [5.74, 6) is -0.380. The van der Waals surface area contributed by atoms with E-state index in [0.29, 0.717) is 12.3 Å². The summed E-state index contributed by atoms with van der Waals surface area (Å²) in [5, 5.41) is 2.95. The average Bonchev–Trinajstić information content (AvgIpc) is 2.95. The van der Waals surface area contributed by atoms with Crippen LogP contribution in [-0.2, 0) is 9.53 Å². The summed E-state index contributed by atoms with van der Waals surface area (Å²) in [5.41, 5.74) is 0. The summed E-state index contributed by atoms with van der Waals surface area (Å²) in [7, 11) is 0.